The Labute approximate surface area is 207 Å². The van der Waals surface area contributed by atoms with Gasteiger partial charge in [0.05, 0.1) is 5.39 Å². The van der Waals surface area contributed by atoms with Gasteiger partial charge in [-0.2, -0.15) is 0 Å². The number of hydrogen-bond donors (Lipinski definition) is 1. The van der Waals surface area contributed by atoms with Gasteiger partial charge in [0.2, 0.25) is 0 Å². The number of hydrogen-bond acceptors (Lipinski definition) is 5. The Morgan fingerprint density at radius 2 is 1.77 bits per heavy atom. The smallest absolute Gasteiger partial charge is 0.146 e. The van der Waals surface area contributed by atoms with Gasteiger partial charge in [0.15, 0.2) is 0 Å². The van der Waals surface area contributed by atoms with Gasteiger partial charge < -0.3 is 19.9 Å². The summed E-state index contributed by atoms with van der Waals surface area (Å²) in [6.45, 7) is 4.31. The average molecular weight is 470 g/mol. The number of anilines is 1. The number of nitrogen functional groups attached to an aromatic ring is 1. The molecular weight excluding hydrogens is 434 g/mol. The van der Waals surface area contributed by atoms with Crippen LogP contribution in [0.2, 0.25) is 0 Å². The van der Waals surface area contributed by atoms with Crippen molar-refractivity contribution in [3.8, 4) is 16.9 Å². The number of benzene rings is 2. The summed E-state index contributed by atoms with van der Waals surface area (Å²) >= 11 is 0. The minimum Gasteiger partial charge on any atom is -0.489 e. The zero-order valence-electron chi connectivity index (χ0n) is 19.4. The van der Waals surface area contributed by atoms with E-state index in [-0.39, 0.29) is 7.43 Å². The van der Waals surface area contributed by atoms with E-state index >= 15 is 0 Å². The van der Waals surface area contributed by atoms with E-state index in [9.17, 15) is 0 Å². The zero-order valence-corrected chi connectivity index (χ0v) is 19.4. The van der Waals surface area contributed by atoms with Crippen LogP contribution in [0.15, 0.2) is 67.1 Å². The minimum atomic E-state index is 0. The van der Waals surface area contributed by atoms with Gasteiger partial charge in [0.1, 0.15) is 30.1 Å². The predicted octanol–water partition coefficient (Wildman–Crippen LogP) is 5.94. The second-order valence-corrected chi connectivity index (χ2v) is 9.71. The highest BCUT2D eigenvalue weighted by molar-refractivity contribution is 6.00. The van der Waals surface area contributed by atoms with Crippen molar-refractivity contribution in [2.24, 2.45) is 5.92 Å². The molecule has 6 heteroatoms. The van der Waals surface area contributed by atoms with Crippen LogP contribution in [-0.4, -0.2) is 39.1 Å². The molecule has 0 amide bonds. The topological polar surface area (TPSA) is 69.2 Å². The van der Waals surface area contributed by atoms with E-state index in [0.29, 0.717) is 18.5 Å². The van der Waals surface area contributed by atoms with Gasteiger partial charge in [-0.1, -0.05) is 49.9 Å². The molecule has 1 saturated carbocycles. The monoisotopic (exact) mass is 469 g/mol. The molecule has 2 aliphatic rings. The van der Waals surface area contributed by atoms with E-state index in [4.69, 9.17) is 10.5 Å². The summed E-state index contributed by atoms with van der Waals surface area (Å²) in [5.41, 5.74) is 10.6. The Kier molecular flexibility index (Phi) is 6.73. The lowest BCUT2D eigenvalue weighted by Crippen LogP contribution is -2.35. The summed E-state index contributed by atoms with van der Waals surface area (Å²) in [5.74, 6) is 2.15. The normalized spacial score (nSPS) is 19.9. The second kappa shape index (κ2) is 10.1. The molecule has 2 aromatic heterocycles. The fourth-order valence-corrected chi connectivity index (χ4v) is 5.51. The zero-order chi connectivity index (χ0) is 22.9. The van der Waals surface area contributed by atoms with E-state index in [2.05, 4.69) is 49.9 Å². The number of aromatic nitrogens is 3. The number of nitrogens with zero attached hydrogens (tertiary/aromatic N) is 4. The molecule has 1 saturated heterocycles. The molecule has 2 aromatic carbocycles. The van der Waals surface area contributed by atoms with E-state index in [1.54, 1.807) is 6.33 Å². The molecule has 1 aliphatic carbocycles. The Morgan fingerprint density at radius 1 is 0.971 bits per heavy atom. The number of ether oxygens (including phenoxy) is 1. The first-order valence-corrected chi connectivity index (χ1v) is 12.3. The van der Waals surface area contributed by atoms with E-state index in [1.165, 1.54) is 45.3 Å². The second-order valence-electron chi connectivity index (χ2n) is 9.71. The molecule has 0 radical (unpaired) electrons. The number of fused-ring (bicyclic) bond motifs is 1. The molecule has 0 spiro atoms. The van der Waals surface area contributed by atoms with Gasteiger partial charge in [-0.25, -0.2) is 9.97 Å². The van der Waals surface area contributed by atoms with Gasteiger partial charge in [-0.15, -0.1) is 0 Å². The Balaban J connectivity index is 0.00000253. The van der Waals surface area contributed by atoms with Gasteiger partial charge in [0.25, 0.3) is 0 Å². The van der Waals surface area contributed by atoms with Gasteiger partial charge in [0, 0.05) is 24.3 Å². The SMILES string of the molecule is C.Nc1ncnc2c1c(-c1cccc(OCc3ccccc3)c1)cn2C1CC(CN2CCCC2)C1. The lowest BCUT2D eigenvalue weighted by atomic mass is 9.79. The Hall–Kier alpha value is -3.38. The van der Waals surface area contributed by atoms with Crippen molar-refractivity contribution >= 4 is 16.9 Å². The first-order chi connectivity index (χ1) is 16.7. The molecule has 35 heavy (non-hydrogen) atoms. The minimum absolute atomic E-state index is 0. The Bertz CT molecular complexity index is 1270. The van der Waals surface area contributed by atoms with Crippen LogP contribution in [0, 0.1) is 5.92 Å². The standard InChI is InChI=1S/C28H31N5O.CH4/c29-27-26-25(22-9-6-10-24(15-22)34-18-20-7-2-1-3-8-20)17-33(28(26)31-19-30-27)23-13-21(14-23)16-32-11-4-5-12-32;/h1-3,6-10,15,17,19,21,23H,4-5,11-14,16,18H2,(H2,29,30,31);1H4. The van der Waals surface area contributed by atoms with Crippen molar-refractivity contribution in [3.05, 3.63) is 72.7 Å². The largest absolute Gasteiger partial charge is 0.489 e. The highest BCUT2D eigenvalue weighted by Gasteiger charge is 2.34. The molecule has 6 rings (SSSR count). The van der Waals surface area contributed by atoms with Crippen LogP contribution in [0.25, 0.3) is 22.2 Å². The molecule has 0 atom stereocenters. The molecule has 4 aromatic rings. The van der Waals surface area contributed by atoms with Gasteiger partial charge in [-0.3, -0.25) is 0 Å². The first kappa shape index (κ1) is 23.4. The third-order valence-corrected chi connectivity index (χ3v) is 7.35. The molecule has 6 nitrogen and oxygen atoms in total. The predicted molar refractivity (Wildman–Crippen MR) is 142 cm³/mol. The number of likely N-dealkylation sites (tertiary alicyclic amines) is 1. The van der Waals surface area contributed by atoms with Crippen LogP contribution < -0.4 is 10.5 Å². The van der Waals surface area contributed by atoms with Crippen LogP contribution in [-0.2, 0) is 6.61 Å². The summed E-state index contributed by atoms with van der Waals surface area (Å²) in [5, 5.41) is 0.936. The van der Waals surface area contributed by atoms with Crippen LogP contribution in [0.3, 0.4) is 0 Å². The first-order valence-electron chi connectivity index (χ1n) is 12.3. The maximum Gasteiger partial charge on any atom is 0.146 e. The van der Waals surface area contributed by atoms with Crippen LogP contribution in [0.5, 0.6) is 5.75 Å². The molecule has 0 bridgehead atoms. The number of rotatable bonds is 7. The molecule has 2 N–H and O–H groups in total. The maximum atomic E-state index is 6.37. The van der Waals surface area contributed by atoms with Crippen molar-refractivity contribution in [2.75, 3.05) is 25.4 Å². The average Bonchev–Trinajstić information content (AvgIpc) is 3.49. The third kappa shape index (κ3) is 4.76. The summed E-state index contributed by atoms with van der Waals surface area (Å²) in [7, 11) is 0. The quantitative estimate of drug-likeness (QED) is 0.363. The van der Waals surface area contributed by atoms with E-state index in [1.807, 2.05) is 30.3 Å². The fraction of sp³-hybridized carbons (Fsp3) is 0.379. The van der Waals surface area contributed by atoms with E-state index in [0.717, 1.165) is 39.4 Å². The lowest BCUT2D eigenvalue weighted by molar-refractivity contribution is 0.145. The highest BCUT2D eigenvalue weighted by atomic mass is 16.5. The molecular formula is C29H35N5O. The van der Waals surface area contributed by atoms with Crippen molar-refractivity contribution in [1.82, 2.24) is 19.4 Å². The lowest BCUT2D eigenvalue weighted by Gasteiger charge is -2.38. The van der Waals surface area contributed by atoms with Crippen molar-refractivity contribution in [1.29, 1.82) is 0 Å². The summed E-state index contributed by atoms with van der Waals surface area (Å²) in [6, 6.07) is 18.9. The van der Waals surface area contributed by atoms with Crippen molar-refractivity contribution in [3.63, 3.8) is 0 Å². The van der Waals surface area contributed by atoms with Gasteiger partial charge in [-0.05, 0) is 68.0 Å². The molecule has 0 unspecified atom stereocenters. The van der Waals surface area contributed by atoms with Gasteiger partial charge >= 0.3 is 0 Å². The molecule has 182 valence electrons. The summed E-state index contributed by atoms with van der Waals surface area (Å²) in [6.07, 6.45) is 8.91. The summed E-state index contributed by atoms with van der Waals surface area (Å²) < 4.78 is 8.42. The van der Waals surface area contributed by atoms with Crippen molar-refractivity contribution in [2.45, 2.75) is 45.8 Å². The van der Waals surface area contributed by atoms with Crippen LogP contribution in [0.4, 0.5) is 5.82 Å². The highest BCUT2D eigenvalue weighted by Crippen LogP contribution is 2.43. The Morgan fingerprint density at radius 3 is 2.57 bits per heavy atom. The van der Waals surface area contributed by atoms with Crippen LogP contribution >= 0.6 is 0 Å². The van der Waals surface area contributed by atoms with E-state index < -0.39 is 0 Å². The maximum absolute atomic E-state index is 6.37. The fourth-order valence-electron chi connectivity index (χ4n) is 5.51. The summed E-state index contributed by atoms with van der Waals surface area (Å²) in [4.78, 5) is 11.6. The molecule has 2 fully saturated rings. The molecule has 3 heterocycles. The molecule has 1 aliphatic heterocycles. The number of nitrogens with two attached hydrogens (primary N) is 1. The van der Waals surface area contributed by atoms with Crippen molar-refractivity contribution < 1.29 is 4.74 Å². The third-order valence-electron chi connectivity index (χ3n) is 7.35. The van der Waals surface area contributed by atoms with Crippen LogP contribution in [0.1, 0.15) is 44.7 Å².